The average molecular weight is 530 g/mol. The first-order chi connectivity index (χ1) is 14.3. The first kappa shape index (κ1) is 25.4. The summed E-state index contributed by atoms with van der Waals surface area (Å²) in [6.07, 6.45) is 3.95. The molecule has 0 amide bonds. The van der Waals surface area contributed by atoms with Crippen LogP contribution in [0.25, 0.3) is 0 Å². The summed E-state index contributed by atoms with van der Waals surface area (Å²) in [7, 11) is 0. The lowest BCUT2D eigenvalue weighted by atomic mass is 10.0. The topological polar surface area (TPSA) is 52.1 Å². The van der Waals surface area contributed by atoms with Crippen LogP contribution in [0.1, 0.15) is 44.2 Å². The molecule has 30 heavy (non-hydrogen) atoms. The lowest BCUT2D eigenvalue weighted by Gasteiger charge is -2.35. The number of hydrogen-bond donors (Lipinski definition) is 2. The monoisotopic (exact) mass is 529 g/mol. The largest absolute Gasteiger partial charge is 0.379 e. The lowest BCUT2D eigenvalue weighted by Crippen LogP contribution is -2.49. The van der Waals surface area contributed by atoms with Gasteiger partial charge in [-0.2, -0.15) is 0 Å². The van der Waals surface area contributed by atoms with Crippen molar-refractivity contribution in [3.63, 3.8) is 0 Å². The zero-order chi connectivity index (χ0) is 20.3. The second kappa shape index (κ2) is 14.2. The molecule has 0 spiro atoms. The van der Waals surface area contributed by atoms with Gasteiger partial charge >= 0.3 is 0 Å². The Balaban J connectivity index is 0.00000320. The number of likely N-dealkylation sites (tertiary alicyclic amines) is 1. The Labute approximate surface area is 199 Å². The van der Waals surface area contributed by atoms with Crippen molar-refractivity contribution in [1.82, 2.24) is 20.4 Å². The molecule has 1 aromatic rings. The van der Waals surface area contributed by atoms with Crippen molar-refractivity contribution in [2.75, 3.05) is 52.5 Å². The molecule has 0 saturated carbocycles. The van der Waals surface area contributed by atoms with Gasteiger partial charge < -0.3 is 15.4 Å². The molecule has 2 N–H and O–H groups in total. The Bertz CT molecular complexity index is 636. The van der Waals surface area contributed by atoms with Crippen LogP contribution < -0.4 is 10.6 Å². The molecule has 2 aliphatic rings. The first-order valence-electron chi connectivity index (χ1n) is 11.4. The van der Waals surface area contributed by atoms with E-state index in [1.165, 1.54) is 36.9 Å². The first-order valence-corrected chi connectivity index (χ1v) is 11.4. The van der Waals surface area contributed by atoms with Crippen molar-refractivity contribution in [2.45, 2.75) is 52.2 Å². The molecule has 2 aliphatic heterocycles. The molecule has 3 rings (SSSR count). The minimum absolute atomic E-state index is 0. The van der Waals surface area contributed by atoms with E-state index >= 15 is 0 Å². The Morgan fingerprint density at radius 2 is 1.83 bits per heavy atom. The molecule has 2 fully saturated rings. The molecule has 0 bridgehead atoms. The number of aliphatic imine (C=N–C) groups is 1. The maximum Gasteiger partial charge on any atom is 0.191 e. The predicted molar refractivity (Wildman–Crippen MR) is 136 cm³/mol. The zero-order valence-electron chi connectivity index (χ0n) is 18.7. The van der Waals surface area contributed by atoms with Crippen molar-refractivity contribution >= 4 is 29.9 Å². The Morgan fingerprint density at radius 1 is 1.07 bits per heavy atom. The highest BCUT2D eigenvalue weighted by molar-refractivity contribution is 14.0. The number of guanidine groups is 1. The van der Waals surface area contributed by atoms with E-state index in [0.717, 1.165) is 58.4 Å². The van der Waals surface area contributed by atoms with Gasteiger partial charge in [-0.25, -0.2) is 4.99 Å². The fraction of sp³-hybridized carbons (Fsp3) is 0.696. The van der Waals surface area contributed by atoms with E-state index in [0.29, 0.717) is 12.6 Å². The van der Waals surface area contributed by atoms with Crippen LogP contribution in [0.5, 0.6) is 0 Å². The fourth-order valence-electron chi connectivity index (χ4n) is 4.29. The highest BCUT2D eigenvalue weighted by Gasteiger charge is 2.20. The molecule has 0 radical (unpaired) electrons. The SMILES string of the molecule is CCNC(=NCc1ccccc1CN1CCOCC1)NCC1CCCCN1CC.I. The third-order valence-electron chi connectivity index (χ3n) is 6.03. The number of nitrogens with zero attached hydrogens (tertiary/aromatic N) is 3. The van der Waals surface area contributed by atoms with E-state index < -0.39 is 0 Å². The molecule has 0 aliphatic carbocycles. The zero-order valence-corrected chi connectivity index (χ0v) is 21.1. The lowest BCUT2D eigenvalue weighted by molar-refractivity contribution is 0.0341. The summed E-state index contributed by atoms with van der Waals surface area (Å²) < 4.78 is 5.48. The second-order valence-corrected chi connectivity index (χ2v) is 8.01. The Hall–Kier alpha value is -0.900. The minimum Gasteiger partial charge on any atom is -0.379 e. The van der Waals surface area contributed by atoms with E-state index in [1.54, 1.807) is 0 Å². The van der Waals surface area contributed by atoms with E-state index in [-0.39, 0.29) is 24.0 Å². The van der Waals surface area contributed by atoms with Crippen molar-refractivity contribution in [2.24, 2.45) is 4.99 Å². The molecule has 1 aromatic carbocycles. The summed E-state index contributed by atoms with van der Waals surface area (Å²) in [5.41, 5.74) is 2.68. The molecular weight excluding hydrogens is 489 g/mol. The van der Waals surface area contributed by atoms with Gasteiger partial charge in [-0.1, -0.05) is 37.6 Å². The number of hydrogen-bond acceptors (Lipinski definition) is 4. The molecule has 2 saturated heterocycles. The number of morpholine rings is 1. The van der Waals surface area contributed by atoms with Gasteiger partial charge in [0.2, 0.25) is 0 Å². The van der Waals surface area contributed by atoms with Crippen LogP contribution in [0.2, 0.25) is 0 Å². The normalized spacial score (nSPS) is 21.1. The molecule has 7 heteroatoms. The molecular formula is C23H40IN5O. The maximum atomic E-state index is 5.48. The quantitative estimate of drug-likeness (QED) is 0.308. The molecule has 6 nitrogen and oxygen atoms in total. The van der Waals surface area contributed by atoms with Crippen LogP contribution in [-0.4, -0.2) is 74.3 Å². The summed E-state index contributed by atoms with van der Waals surface area (Å²) in [5, 5.41) is 7.02. The molecule has 1 atom stereocenters. The smallest absolute Gasteiger partial charge is 0.191 e. The molecule has 170 valence electrons. The summed E-state index contributed by atoms with van der Waals surface area (Å²) in [6.45, 7) is 14.0. The Kier molecular flexibility index (Phi) is 12.0. The third-order valence-corrected chi connectivity index (χ3v) is 6.03. The van der Waals surface area contributed by atoms with E-state index in [1.807, 2.05) is 0 Å². The number of halogens is 1. The van der Waals surface area contributed by atoms with Crippen LogP contribution in [-0.2, 0) is 17.8 Å². The van der Waals surface area contributed by atoms with Crippen LogP contribution in [0, 0.1) is 0 Å². The van der Waals surface area contributed by atoms with Gasteiger partial charge in [-0.3, -0.25) is 9.80 Å². The summed E-state index contributed by atoms with van der Waals surface area (Å²) >= 11 is 0. The molecule has 2 heterocycles. The highest BCUT2D eigenvalue weighted by Crippen LogP contribution is 2.16. The summed E-state index contributed by atoms with van der Waals surface area (Å²) in [4.78, 5) is 9.97. The maximum absolute atomic E-state index is 5.48. The molecule has 1 unspecified atom stereocenters. The standard InChI is InChI=1S/C23H39N5O.HI/c1-3-24-23(26-18-22-11-7-8-12-28(22)4-2)25-17-20-9-5-6-10-21(20)19-27-13-15-29-16-14-27;/h5-6,9-10,22H,3-4,7-8,11-19H2,1-2H3,(H2,24,25,26);1H. The fourth-order valence-corrected chi connectivity index (χ4v) is 4.29. The van der Waals surface area contributed by atoms with Crippen molar-refractivity contribution < 1.29 is 4.74 Å². The third kappa shape index (κ3) is 7.98. The minimum atomic E-state index is 0. The van der Waals surface area contributed by atoms with Gasteiger partial charge in [0.25, 0.3) is 0 Å². The van der Waals surface area contributed by atoms with Crippen molar-refractivity contribution in [3.05, 3.63) is 35.4 Å². The Morgan fingerprint density at radius 3 is 2.57 bits per heavy atom. The highest BCUT2D eigenvalue weighted by atomic mass is 127. The van der Waals surface area contributed by atoms with E-state index in [2.05, 4.69) is 58.5 Å². The van der Waals surface area contributed by atoms with Crippen LogP contribution in [0.15, 0.2) is 29.3 Å². The van der Waals surface area contributed by atoms with Gasteiger partial charge in [-0.05, 0) is 44.0 Å². The van der Waals surface area contributed by atoms with Crippen molar-refractivity contribution in [3.8, 4) is 0 Å². The van der Waals surface area contributed by atoms with Gasteiger partial charge in [0.15, 0.2) is 5.96 Å². The van der Waals surface area contributed by atoms with Gasteiger partial charge in [0.05, 0.1) is 19.8 Å². The number of likely N-dealkylation sites (N-methyl/N-ethyl adjacent to an activating group) is 1. The molecule has 0 aromatic heterocycles. The number of ether oxygens (including phenoxy) is 1. The van der Waals surface area contributed by atoms with Gasteiger partial charge in [0, 0.05) is 38.8 Å². The summed E-state index contributed by atoms with van der Waals surface area (Å²) in [6, 6.07) is 9.32. The van der Waals surface area contributed by atoms with Gasteiger partial charge in [0.1, 0.15) is 0 Å². The van der Waals surface area contributed by atoms with Crippen LogP contribution >= 0.6 is 24.0 Å². The van der Waals surface area contributed by atoms with E-state index in [4.69, 9.17) is 9.73 Å². The van der Waals surface area contributed by atoms with Crippen LogP contribution in [0.4, 0.5) is 0 Å². The number of nitrogens with one attached hydrogen (secondary N) is 2. The number of rotatable bonds is 8. The van der Waals surface area contributed by atoms with Gasteiger partial charge in [-0.15, -0.1) is 24.0 Å². The summed E-state index contributed by atoms with van der Waals surface area (Å²) in [5.74, 6) is 0.926. The number of benzene rings is 1. The second-order valence-electron chi connectivity index (χ2n) is 8.01. The number of piperidine rings is 1. The van der Waals surface area contributed by atoms with Crippen molar-refractivity contribution in [1.29, 1.82) is 0 Å². The average Bonchev–Trinajstić information content (AvgIpc) is 2.77. The van der Waals surface area contributed by atoms with Crippen LogP contribution in [0.3, 0.4) is 0 Å². The van der Waals surface area contributed by atoms with E-state index in [9.17, 15) is 0 Å². The predicted octanol–water partition coefficient (Wildman–Crippen LogP) is 3.07.